The van der Waals surface area contributed by atoms with Crippen LogP contribution in [0, 0.1) is 0 Å². The summed E-state index contributed by atoms with van der Waals surface area (Å²) in [4.78, 5) is 29.0. The van der Waals surface area contributed by atoms with Crippen molar-refractivity contribution in [3.63, 3.8) is 0 Å². The fourth-order valence-corrected chi connectivity index (χ4v) is 4.69. The largest absolute Gasteiger partial charge is 0.573 e. The molecule has 1 fully saturated rings. The van der Waals surface area contributed by atoms with Crippen LogP contribution < -0.4 is 15.4 Å². The zero-order chi connectivity index (χ0) is 32.0. The fraction of sp³-hybridized carbons (Fsp3) is 0.393. The maximum Gasteiger partial charge on any atom is 0.573 e. The Hall–Kier alpha value is -4.96. The number of carbonyl (C=O) groups excluding carboxylic acids is 2. The molecule has 1 saturated carbocycles. The van der Waals surface area contributed by atoms with Crippen LogP contribution in [0.1, 0.15) is 69.3 Å². The molecule has 1 aliphatic carbocycles. The summed E-state index contributed by atoms with van der Waals surface area (Å²) >= 11 is 0. The summed E-state index contributed by atoms with van der Waals surface area (Å²) in [5, 5.41) is 21.0. The minimum Gasteiger partial charge on any atom is -0.406 e. The highest BCUT2D eigenvalue weighted by atomic mass is 19.4. The van der Waals surface area contributed by atoms with E-state index >= 15 is 0 Å². The van der Waals surface area contributed by atoms with Crippen LogP contribution in [0.5, 0.6) is 5.75 Å². The van der Waals surface area contributed by atoms with Crippen molar-refractivity contribution in [1.29, 1.82) is 0 Å². The Labute approximate surface area is 253 Å². The van der Waals surface area contributed by atoms with E-state index in [0.717, 1.165) is 11.6 Å². The van der Waals surface area contributed by atoms with Gasteiger partial charge in [-0.3, -0.25) is 23.9 Å². The number of rotatable bonds is 13. The number of hydrogen-bond donors (Lipinski definition) is 2. The molecule has 0 aliphatic heterocycles. The van der Waals surface area contributed by atoms with Gasteiger partial charge in [0.1, 0.15) is 5.75 Å². The number of carbonyl (C=O) groups is 2. The second kappa shape index (κ2) is 13.4. The molecule has 0 saturated heterocycles. The van der Waals surface area contributed by atoms with Gasteiger partial charge in [-0.05, 0) is 47.6 Å². The fourth-order valence-electron chi connectivity index (χ4n) is 4.69. The molecule has 3 aromatic heterocycles. The molecule has 0 unspecified atom stereocenters. The molecule has 17 heteroatoms. The normalized spacial score (nSPS) is 14.5. The maximum atomic E-state index is 13.2. The Bertz CT molecular complexity index is 1630. The number of benzene rings is 1. The van der Waals surface area contributed by atoms with Crippen molar-refractivity contribution >= 4 is 11.8 Å². The lowest BCUT2D eigenvalue weighted by atomic mass is 9.77. The van der Waals surface area contributed by atoms with E-state index < -0.39 is 24.1 Å². The predicted molar refractivity (Wildman–Crippen MR) is 146 cm³/mol. The molecule has 0 atom stereocenters. The average Bonchev–Trinajstić information content (AvgIpc) is 3.65. The predicted octanol–water partition coefficient (Wildman–Crippen LogP) is 4.02. The monoisotopic (exact) mass is 633 g/mol. The highest BCUT2D eigenvalue weighted by Gasteiger charge is 2.45. The van der Waals surface area contributed by atoms with Gasteiger partial charge in [-0.15, -0.1) is 23.4 Å². The van der Waals surface area contributed by atoms with Crippen molar-refractivity contribution < 1.29 is 36.3 Å². The summed E-state index contributed by atoms with van der Waals surface area (Å²) in [6.07, 6.45) is 2.22. The minimum absolute atomic E-state index is 0.0345. The number of nitrogens with one attached hydrogen (secondary N) is 2. The van der Waals surface area contributed by atoms with Crippen molar-refractivity contribution in [3.05, 3.63) is 83.2 Å². The van der Waals surface area contributed by atoms with E-state index in [1.54, 1.807) is 24.5 Å². The van der Waals surface area contributed by atoms with E-state index in [1.807, 2.05) is 0 Å². The number of amides is 2. The third-order valence-corrected chi connectivity index (χ3v) is 6.98. The van der Waals surface area contributed by atoms with Crippen molar-refractivity contribution in [1.82, 2.24) is 45.6 Å². The quantitative estimate of drug-likeness (QED) is 0.166. The van der Waals surface area contributed by atoms with E-state index in [-0.39, 0.29) is 49.0 Å². The maximum absolute atomic E-state index is 13.2. The van der Waals surface area contributed by atoms with Gasteiger partial charge in [-0.2, -0.15) is 0 Å². The molecule has 0 spiro atoms. The molecule has 238 valence electrons. The number of aryl methyl sites for hydroxylation is 2. The molecule has 3 heterocycles. The molecule has 12 nitrogen and oxygen atoms in total. The number of nitrogens with zero attached hydrogens (tertiary/aromatic N) is 7. The van der Waals surface area contributed by atoms with Gasteiger partial charge in [0.25, 0.3) is 11.8 Å². The Balaban J connectivity index is 1.01. The average molecular weight is 634 g/mol. The molecular weight excluding hydrogens is 605 g/mol. The number of ether oxygens (including phenoxy) is 1. The van der Waals surface area contributed by atoms with E-state index in [0.29, 0.717) is 37.1 Å². The Morgan fingerprint density at radius 1 is 0.889 bits per heavy atom. The minimum atomic E-state index is -4.81. The first-order valence-electron chi connectivity index (χ1n) is 14.0. The van der Waals surface area contributed by atoms with Gasteiger partial charge >= 0.3 is 6.36 Å². The van der Waals surface area contributed by atoms with Gasteiger partial charge < -0.3 is 15.4 Å². The molecule has 2 N–H and O–H groups in total. The smallest absolute Gasteiger partial charge is 0.406 e. The third kappa shape index (κ3) is 9.02. The number of hydrogen-bond acceptors (Lipinski definition) is 8. The summed E-state index contributed by atoms with van der Waals surface area (Å²) in [5.41, 5.74) is 2.02. The summed E-state index contributed by atoms with van der Waals surface area (Å²) in [5.74, 6) is -4.21. The molecular formula is C28H28F5N9O3. The Morgan fingerprint density at radius 3 is 2.07 bits per heavy atom. The standard InChI is InChI=1S/C28H28F5N9O3/c29-27(30)10-21(11-27)20-8-19(12-34-15-20)14-36-26(44)24-17-42(40-38-24)7-2-1-6-41-16-23(37-39-41)25(43)35-13-18-4-3-5-22(9-18)45-28(31,32)33/h3-5,8-9,12,15-17,21H,1-2,6-7,10-11,13-14H2,(H,35,43)(H,36,44). The number of halogens is 5. The highest BCUT2D eigenvalue weighted by Crippen LogP contribution is 2.48. The van der Waals surface area contributed by atoms with Crippen molar-refractivity contribution in [2.24, 2.45) is 0 Å². The molecule has 5 rings (SSSR count). The topological polar surface area (TPSA) is 142 Å². The SMILES string of the molecule is O=C(NCc1cccc(OC(F)(F)F)c1)c1cn(CCCCn2cc(C(=O)NCc3cncc(C4CC(F)(F)C4)c3)nn2)nn1. The number of aromatic nitrogens is 7. The number of unbranched alkanes of at least 4 members (excludes halogenated alkanes) is 1. The first-order valence-corrected chi connectivity index (χ1v) is 14.0. The number of alkyl halides is 5. The van der Waals surface area contributed by atoms with Crippen LogP contribution in [0.25, 0.3) is 0 Å². The second-order valence-corrected chi connectivity index (χ2v) is 10.6. The van der Waals surface area contributed by atoms with Crippen molar-refractivity contribution in [2.45, 2.75) is 70.1 Å². The zero-order valence-electron chi connectivity index (χ0n) is 23.7. The molecule has 2 amide bonds. The van der Waals surface area contributed by atoms with Crippen LogP contribution in [-0.2, 0) is 26.2 Å². The van der Waals surface area contributed by atoms with Crippen molar-refractivity contribution in [2.75, 3.05) is 0 Å². The Morgan fingerprint density at radius 2 is 1.49 bits per heavy atom. The van der Waals surface area contributed by atoms with Gasteiger partial charge in [-0.1, -0.05) is 28.6 Å². The van der Waals surface area contributed by atoms with Gasteiger partial charge in [-0.25, -0.2) is 8.78 Å². The zero-order valence-corrected chi connectivity index (χ0v) is 23.7. The van der Waals surface area contributed by atoms with Crippen LogP contribution in [0.3, 0.4) is 0 Å². The lowest BCUT2D eigenvalue weighted by Crippen LogP contribution is -2.33. The van der Waals surface area contributed by atoms with Crippen LogP contribution in [-0.4, -0.2) is 59.1 Å². The molecule has 1 aromatic carbocycles. The van der Waals surface area contributed by atoms with E-state index in [1.165, 1.54) is 33.9 Å². The van der Waals surface area contributed by atoms with Crippen molar-refractivity contribution in [3.8, 4) is 5.75 Å². The summed E-state index contributed by atoms with van der Waals surface area (Å²) < 4.78 is 70.5. The van der Waals surface area contributed by atoms with E-state index in [9.17, 15) is 31.5 Å². The van der Waals surface area contributed by atoms with Crippen LogP contribution in [0.4, 0.5) is 22.0 Å². The highest BCUT2D eigenvalue weighted by molar-refractivity contribution is 5.92. The van der Waals surface area contributed by atoms with Gasteiger partial charge in [0, 0.05) is 51.4 Å². The van der Waals surface area contributed by atoms with Crippen LogP contribution in [0.15, 0.2) is 55.1 Å². The van der Waals surface area contributed by atoms with Gasteiger partial charge in [0.05, 0.1) is 12.4 Å². The number of pyridine rings is 1. The first-order chi connectivity index (χ1) is 21.4. The second-order valence-electron chi connectivity index (χ2n) is 10.6. The summed E-state index contributed by atoms with van der Waals surface area (Å²) in [6, 6.07) is 7.05. The third-order valence-electron chi connectivity index (χ3n) is 6.98. The first kappa shape index (κ1) is 31.5. The Kier molecular flexibility index (Phi) is 9.34. The van der Waals surface area contributed by atoms with E-state index in [4.69, 9.17) is 0 Å². The van der Waals surface area contributed by atoms with E-state index in [2.05, 4.69) is 41.0 Å². The van der Waals surface area contributed by atoms with Crippen LogP contribution >= 0.6 is 0 Å². The molecule has 4 aromatic rings. The van der Waals surface area contributed by atoms with Gasteiger partial charge in [0.15, 0.2) is 11.4 Å². The molecule has 45 heavy (non-hydrogen) atoms. The van der Waals surface area contributed by atoms with Crippen LogP contribution in [0.2, 0.25) is 0 Å². The lowest BCUT2D eigenvalue weighted by molar-refractivity contribution is -0.274. The summed E-state index contributed by atoms with van der Waals surface area (Å²) in [7, 11) is 0. The molecule has 1 aliphatic rings. The van der Waals surface area contributed by atoms with Gasteiger partial charge in [0.2, 0.25) is 5.92 Å². The molecule has 0 radical (unpaired) electrons. The molecule has 0 bridgehead atoms. The lowest BCUT2D eigenvalue weighted by Gasteiger charge is -2.35. The summed E-state index contributed by atoms with van der Waals surface area (Å²) in [6.45, 7) is 1.05.